The number of unbranched alkanes of at least 4 members (excludes halogenated alkanes) is 1. The number of carbonyl (C=O) groups is 2. The highest BCUT2D eigenvalue weighted by Gasteiger charge is 2.49. The molecule has 1 atom stereocenters. The minimum absolute atomic E-state index is 0.281. The molecule has 1 heterocycles. The van der Waals surface area contributed by atoms with Crippen LogP contribution in [0.1, 0.15) is 78.1 Å². The minimum Gasteiger partial charge on any atom is -0.346 e. The molecule has 1 aliphatic heterocycles. The molecule has 5 aromatic rings. The number of nitrogens with zero attached hydrogens (tertiary/aromatic N) is 1. The van der Waals surface area contributed by atoms with Gasteiger partial charge in [-0.15, -0.1) is 0 Å². The van der Waals surface area contributed by atoms with Crippen molar-refractivity contribution in [3.63, 3.8) is 0 Å². The van der Waals surface area contributed by atoms with Gasteiger partial charge < -0.3 is 10.6 Å². The standard InChI is InChI=1S/C46H41F6N3O2/c1-29-17-18-30(10-8-9-25-44(43(57)53-28-45(47,48)49)39-15-6-4-12-36(39)37-13-5-7-16-40(37)44)26-32-21-24-34(27-41(32)54-29)55-42(56)38-14-3-2-11-35(38)31-19-22-33(23-20-31)46(50,51)52/h2-7,11-16,19-24,27,30H,8-10,17-18,25-26,28H2,1H3,(H,53,57)(H,55,56). The van der Waals surface area contributed by atoms with Crippen LogP contribution < -0.4 is 10.6 Å². The Balaban J connectivity index is 1.05. The van der Waals surface area contributed by atoms with Crippen molar-refractivity contribution in [3.8, 4) is 22.3 Å². The van der Waals surface area contributed by atoms with Crippen molar-refractivity contribution in [2.45, 2.75) is 69.6 Å². The summed E-state index contributed by atoms with van der Waals surface area (Å²) in [5.41, 5.74) is 5.69. The second-order valence-corrected chi connectivity index (χ2v) is 14.9. The van der Waals surface area contributed by atoms with Gasteiger partial charge in [-0.3, -0.25) is 14.6 Å². The first-order valence-corrected chi connectivity index (χ1v) is 19.0. The lowest BCUT2D eigenvalue weighted by Crippen LogP contribution is -2.47. The molecule has 2 aliphatic rings. The number of aliphatic imine (C=N–C) groups is 1. The molecule has 2 N–H and O–H groups in total. The van der Waals surface area contributed by atoms with Crippen molar-refractivity contribution in [1.29, 1.82) is 0 Å². The predicted molar refractivity (Wildman–Crippen MR) is 211 cm³/mol. The summed E-state index contributed by atoms with van der Waals surface area (Å²) in [5, 5.41) is 5.16. The molecule has 1 unspecified atom stereocenters. The number of carbonyl (C=O) groups excluding carboxylic acids is 2. The first-order chi connectivity index (χ1) is 27.2. The summed E-state index contributed by atoms with van der Waals surface area (Å²) in [6.07, 6.45) is -4.01. The van der Waals surface area contributed by atoms with Crippen LogP contribution in [0.25, 0.3) is 22.3 Å². The van der Waals surface area contributed by atoms with E-state index in [9.17, 15) is 35.9 Å². The SMILES string of the molecule is CC1=Nc2cc(NC(=O)c3ccccc3-c3ccc(C(F)(F)F)cc3)ccc2CC(CCCCC2(C(=O)NCC(F)(F)F)c3ccccc3-c3ccccc32)CC1. The molecule has 0 saturated carbocycles. The Morgan fingerprint density at radius 1 is 0.772 bits per heavy atom. The smallest absolute Gasteiger partial charge is 0.346 e. The number of rotatable bonds is 10. The molecule has 7 rings (SSSR count). The van der Waals surface area contributed by atoms with Crippen molar-refractivity contribution in [1.82, 2.24) is 5.32 Å². The summed E-state index contributed by atoms with van der Waals surface area (Å²) in [6.45, 7) is 0.567. The van der Waals surface area contributed by atoms with Gasteiger partial charge in [0.25, 0.3) is 5.91 Å². The van der Waals surface area contributed by atoms with Crippen LogP contribution in [0.15, 0.2) is 120 Å². The number of alkyl halides is 6. The molecular weight excluding hydrogens is 741 g/mol. The van der Waals surface area contributed by atoms with Gasteiger partial charge in [-0.25, -0.2) is 0 Å². The third kappa shape index (κ3) is 8.52. The quantitative estimate of drug-likeness (QED) is 0.109. The highest BCUT2D eigenvalue weighted by atomic mass is 19.4. The average Bonchev–Trinajstić information content (AvgIpc) is 3.47. The van der Waals surface area contributed by atoms with E-state index in [2.05, 4.69) is 10.6 Å². The third-order valence-corrected chi connectivity index (χ3v) is 11.1. The molecule has 0 fully saturated rings. The van der Waals surface area contributed by atoms with E-state index in [0.717, 1.165) is 83.5 Å². The monoisotopic (exact) mass is 781 g/mol. The Labute approximate surface area is 327 Å². The first-order valence-electron chi connectivity index (χ1n) is 19.0. The predicted octanol–water partition coefficient (Wildman–Crippen LogP) is 11.9. The van der Waals surface area contributed by atoms with Crippen LogP contribution in [-0.2, 0) is 22.8 Å². The number of hydrogen-bond donors (Lipinski definition) is 2. The highest BCUT2D eigenvalue weighted by molar-refractivity contribution is 6.09. The fourth-order valence-corrected chi connectivity index (χ4v) is 8.33. The number of hydrogen-bond acceptors (Lipinski definition) is 3. The molecule has 0 spiro atoms. The molecule has 2 amide bonds. The Hall–Kier alpha value is -5.71. The van der Waals surface area contributed by atoms with Crippen LogP contribution in [0, 0.1) is 5.92 Å². The number of anilines is 1. The summed E-state index contributed by atoms with van der Waals surface area (Å²) in [5.74, 6) is -0.773. The van der Waals surface area contributed by atoms with Gasteiger partial charge in [-0.1, -0.05) is 104 Å². The maximum absolute atomic E-state index is 13.9. The van der Waals surface area contributed by atoms with Crippen LogP contribution in [0.5, 0.6) is 0 Å². The van der Waals surface area contributed by atoms with Gasteiger partial charge in [0, 0.05) is 17.0 Å². The topological polar surface area (TPSA) is 70.6 Å². The van der Waals surface area contributed by atoms with Gasteiger partial charge in [0.05, 0.1) is 11.3 Å². The normalized spacial score (nSPS) is 16.0. The number of nitrogens with one attached hydrogen (secondary N) is 2. The van der Waals surface area contributed by atoms with Crippen molar-refractivity contribution in [2.24, 2.45) is 10.9 Å². The molecule has 294 valence electrons. The van der Waals surface area contributed by atoms with Gasteiger partial charge in [0.15, 0.2) is 0 Å². The van der Waals surface area contributed by atoms with E-state index in [1.165, 1.54) is 12.1 Å². The number of halogens is 6. The molecule has 0 bridgehead atoms. The first kappa shape index (κ1) is 39.5. The van der Waals surface area contributed by atoms with E-state index in [1.807, 2.05) is 73.7 Å². The summed E-state index contributed by atoms with van der Waals surface area (Å²) in [7, 11) is 0. The second kappa shape index (κ2) is 16.0. The largest absolute Gasteiger partial charge is 0.416 e. The van der Waals surface area contributed by atoms with Gasteiger partial charge in [-0.2, -0.15) is 26.3 Å². The zero-order valence-corrected chi connectivity index (χ0v) is 31.2. The van der Waals surface area contributed by atoms with Crippen molar-refractivity contribution >= 4 is 28.9 Å². The second-order valence-electron chi connectivity index (χ2n) is 14.9. The van der Waals surface area contributed by atoms with E-state index in [-0.39, 0.29) is 5.92 Å². The molecule has 1 aliphatic carbocycles. The molecule has 11 heteroatoms. The highest BCUT2D eigenvalue weighted by Crippen LogP contribution is 2.52. The Morgan fingerprint density at radius 3 is 2.05 bits per heavy atom. The van der Waals surface area contributed by atoms with Crippen LogP contribution in [0.3, 0.4) is 0 Å². The number of fused-ring (bicyclic) bond motifs is 4. The third-order valence-electron chi connectivity index (χ3n) is 11.1. The summed E-state index contributed by atoms with van der Waals surface area (Å²) in [6, 6.07) is 32.0. The Bertz CT molecular complexity index is 2270. The fraction of sp³-hybridized carbons (Fsp3) is 0.283. The lowest BCUT2D eigenvalue weighted by Gasteiger charge is -2.31. The van der Waals surface area contributed by atoms with Crippen LogP contribution in [0.2, 0.25) is 0 Å². The van der Waals surface area contributed by atoms with E-state index < -0.39 is 41.7 Å². The zero-order chi connectivity index (χ0) is 40.4. The maximum Gasteiger partial charge on any atom is 0.416 e. The molecule has 5 nitrogen and oxygen atoms in total. The summed E-state index contributed by atoms with van der Waals surface area (Å²) >= 11 is 0. The van der Waals surface area contributed by atoms with Gasteiger partial charge >= 0.3 is 12.4 Å². The molecule has 57 heavy (non-hydrogen) atoms. The van der Waals surface area contributed by atoms with Gasteiger partial charge in [-0.05, 0) is 108 Å². The summed E-state index contributed by atoms with van der Waals surface area (Å²) < 4.78 is 79.4. The van der Waals surface area contributed by atoms with Crippen molar-refractivity contribution < 1.29 is 35.9 Å². The van der Waals surface area contributed by atoms with Crippen LogP contribution >= 0.6 is 0 Å². The molecule has 0 saturated heterocycles. The molecule has 5 aromatic carbocycles. The van der Waals surface area contributed by atoms with E-state index >= 15 is 0 Å². The van der Waals surface area contributed by atoms with Crippen LogP contribution in [-0.4, -0.2) is 30.2 Å². The van der Waals surface area contributed by atoms with Gasteiger partial charge in [0.2, 0.25) is 5.91 Å². The zero-order valence-electron chi connectivity index (χ0n) is 31.2. The lowest BCUT2D eigenvalue weighted by atomic mass is 9.73. The maximum atomic E-state index is 13.9. The molecular formula is C46H41F6N3O2. The van der Waals surface area contributed by atoms with E-state index in [0.29, 0.717) is 35.2 Å². The minimum atomic E-state index is -4.54. The van der Waals surface area contributed by atoms with Gasteiger partial charge in [0.1, 0.15) is 12.0 Å². The fourth-order valence-electron chi connectivity index (χ4n) is 8.33. The molecule has 0 aromatic heterocycles. The van der Waals surface area contributed by atoms with E-state index in [1.54, 1.807) is 24.3 Å². The summed E-state index contributed by atoms with van der Waals surface area (Å²) in [4.78, 5) is 32.3. The van der Waals surface area contributed by atoms with Crippen LogP contribution in [0.4, 0.5) is 37.7 Å². The van der Waals surface area contributed by atoms with E-state index in [4.69, 9.17) is 4.99 Å². The molecule has 0 radical (unpaired) electrons. The van der Waals surface area contributed by atoms with Crippen molar-refractivity contribution in [3.05, 3.63) is 143 Å². The Kier molecular flexibility index (Phi) is 11.1. The Morgan fingerprint density at radius 2 is 1.40 bits per heavy atom. The number of benzene rings is 5. The lowest BCUT2D eigenvalue weighted by molar-refractivity contribution is -0.141. The number of amides is 2. The average molecular weight is 782 g/mol. The van der Waals surface area contributed by atoms with Crippen molar-refractivity contribution in [2.75, 3.05) is 11.9 Å².